The maximum absolute atomic E-state index is 10.9. The second kappa shape index (κ2) is 6.24. The van der Waals surface area contributed by atoms with Crippen LogP contribution >= 0.6 is 11.8 Å². The van der Waals surface area contributed by atoms with Crippen molar-refractivity contribution in [3.63, 3.8) is 0 Å². The average Bonchev–Trinajstić information content (AvgIpc) is 2.31. The standard InChI is InChI=1S/C10H15N3O2S/c1-15-7-2-3-8(11)9(6-7)16-5-4-10(14)13-12/h2-3,6H,4-5,11-12H2,1H3,(H,13,14). The summed E-state index contributed by atoms with van der Waals surface area (Å²) in [4.78, 5) is 11.8. The second-order valence-electron chi connectivity index (χ2n) is 3.07. The number of carbonyl (C=O) groups is 1. The van der Waals surface area contributed by atoms with Gasteiger partial charge < -0.3 is 10.5 Å². The highest BCUT2D eigenvalue weighted by atomic mass is 32.2. The molecule has 0 fully saturated rings. The number of anilines is 1. The van der Waals surface area contributed by atoms with Gasteiger partial charge in [-0.2, -0.15) is 0 Å². The van der Waals surface area contributed by atoms with Crippen molar-refractivity contribution in [1.82, 2.24) is 5.43 Å². The highest BCUT2D eigenvalue weighted by molar-refractivity contribution is 7.99. The van der Waals surface area contributed by atoms with Crippen molar-refractivity contribution in [2.24, 2.45) is 5.84 Å². The smallest absolute Gasteiger partial charge is 0.234 e. The number of thioether (sulfide) groups is 1. The van der Waals surface area contributed by atoms with Crippen molar-refractivity contribution in [1.29, 1.82) is 0 Å². The number of nitrogens with two attached hydrogens (primary N) is 2. The molecule has 5 N–H and O–H groups in total. The third-order valence-electron chi connectivity index (χ3n) is 1.97. The van der Waals surface area contributed by atoms with E-state index in [4.69, 9.17) is 16.3 Å². The molecular formula is C10H15N3O2S. The van der Waals surface area contributed by atoms with Crippen LogP contribution in [0.4, 0.5) is 5.69 Å². The van der Waals surface area contributed by atoms with Crippen LogP contribution in [-0.2, 0) is 4.79 Å². The highest BCUT2D eigenvalue weighted by Gasteiger charge is 2.04. The number of carbonyl (C=O) groups excluding carboxylic acids is 1. The first-order chi connectivity index (χ1) is 7.67. The molecule has 88 valence electrons. The summed E-state index contributed by atoms with van der Waals surface area (Å²) in [5.74, 6) is 6.16. The van der Waals surface area contributed by atoms with Gasteiger partial charge in [0.1, 0.15) is 5.75 Å². The van der Waals surface area contributed by atoms with Crippen LogP contribution in [0.15, 0.2) is 23.1 Å². The number of hydrogen-bond acceptors (Lipinski definition) is 5. The van der Waals surface area contributed by atoms with E-state index in [0.717, 1.165) is 10.6 Å². The summed E-state index contributed by atoms with van der Waals surface area (Å²) in [6.07, 6.45) is 0.359. The minimum atomic E-state index is -0.186. The number of nitrogens with one attached hydrogen (secondary N) is 1. The van der Waals surface area contributed by atoms with Gasteiger partial charge in [-0.3, -0.25) is 10.2 Å². The molecule has 0 aliphatic carbocycles. The minimum absolute atomic E-state index is 0.186. The molecule has 0 radical (unpaired) electrons. The van der Waals surface area contributed by atoms with E-state index < -0.39 is 0 Å². The molecule has 0 aliphatic heterocycles. The lowest BCUT2D eigenvalue weighted by Gasteiger charge is -2.07. The van der Waals surface area contributed by atoms with E-state index in [-0.39, 0.29) is 5.91 Å². The predicted octanol–water partition coefficient (Wildman–Crippen LogP) is 0.749. The first-order valence-corrected chi connectivity index (χ1v) is 5.71. The van der Waals surface area contributed by atoms with Gasteiger partial charge in [0.25, 0.3) is 0 Å². The predicted molar refractivity (Wildman–Crippen MR) is 65.1 cm³/mol. The number of rotatable bonds is 5. The van der Waals surface area contributed by atoms with Crippen molar-refractivity contribution >= 4 is 23.4 Å². The third kappa shape index (κ3) is 3.63. The molecule has 1 amide bonds. The Kier molecular flexibility index (Phi) is 4.94. The molecule has 16 heavy (non-hydrogen) atoms. The first kappa shape index (κ1) is 12.7. The Morgan fingerprint density at radius 2 is 2.31 bits per heavy atom. The fraction of sp³-hybridized carbons (Fsp3) is 0.300. The van der Waals surface area contributed by atoms with E-state index >= 15 is 0 Å². The summed E-state index contributed by atoms with van der Waals surface area (Å²) in [7, 11) is 1.60. The number of ether oxygens (including phenoxy) is 1. The van der Waals surface area contributed by atoms with Crippen LogP contribution < -0.4 is 21.7 Å². The molecule has 1 aromatic rings. The van der Waals surface area contributed by atoms with E-state index in [9.17, 15) is 4.79 Å². The van der Waals surface area contributed by atoms with E-state index in [0.29, 0.717) is 17.9 Å². The van der Waals surface area contributed by atoms with Gasteiger partial charge in [-0.15, -0.1) is 11.8 Å². The maximum Gasteiger partial charge on any atom is 0.234 e. The van der Waals surface area contributed by atoms with Gasteiger partial charge in [0, 0.05) is 22.8 Å². The van der Waals surface area contributed by atoms with Crippen molar-refractivity contribution in [3.8, 4) is 5.75 Å². The Balaban J connectivity index is 2.55. The molecular weight excluding hydrogens is 226 g/mol. The zero-order valence-electron chi connectivity index (χ0n) is 9.03. The van der Waals surface area contributed by atoms with Crippen molar-refractivity contribution in [2.75, 3.05) is 18.6 Å². The number of amides is 1. The Hall–Kier alpha value is -1.40. The monoisotopic (exact) mass is 241 g/mol. The van der Waals surface area contributed by atoms with Gasteiger partial charge in [-0.05, 0) is 18.2 Å². The quantitative estimate of drug-likeness (QED) is 0.233. The maximum atomic E-state index is 10.9. The summed E-state index contributed by atoms with van der Waals surface area (Å²) >= 11 is 1.50. The Morgan fingerprint density at radius 3 is 2.94 bits per heavy atom. The third-order valence-corrected chi connectivity index (χ3v) is 3.04. The fourth-order valence-corrected chi connectivity index (χ4v) is 2.03. The zero-order valence-corrected chi connectivity index (χ0v) is 9.84. The molecule has 0 aromatic heterocycles. The summed E-state index contributed by atoms with van der Waals surface area (Å²) < 4.78 is 5.09. The van der Waals surface area contributed by atoms with E-state index in [1.807, 2.05) is 6.07 Å². The molecule has 0 aliphatic rings. The van der Waals surface area contributed by atoms with Crippen LogP contribution in [0.2, 0.25) is 0 Å². The molecule has 0 saturated carbocycles. The van der Waals surface area contributed by atoms with E-state index in [2.05, 4.69) is 5.43 Å². The summed E-state index contributed by atoms with van der Waals surface area (Å²) in [5, 5.41) is 0. The van der Waals surface area contributed by atoms with Crippen LogP contribution in [0.1, 0.15) is 6.42 Å². The lowest BCUT2D eigenvalue weighted by atomic mass is 10.3. The molecule has 5 nitrogen and oxygen atoms in total. The second-order valence-corrected chi connectivity index (χ2v) is 4.21. The number of benzene rings is 1. The molecule has 1 rings (SSSR count). The lowest BCUT2D eigenvalue weighted by molar-refractivity contribution is -0.120. The molecule has 6 heteroatoms. The van der Waals surface area contributed by atoms with Gasteiger partial charge in [-0.1, -0.05) is 0 Å². The van der Waals surface area contributed by atoms with Crippen LogP contribution in [0.3, 0.4) is 0 Å². The van der Waals surface area contributed by atoms with Crippen LogP contribution in [0.25, 0.3) is 0 Å². The van der Waals surface area contributed by atoms with Gasteiger partial charge in [-0.25, -0.2) is 5.84 Å². The summed E-state index contributed by atoms with van der Waals surface area (Å²) in [6.45, 7) is 0. The van der Waals surface area contributed by atoms with Crippen LogP contribution in [-0.4, -0.2) is 18.8 Å². The van der Waals surface area contributed by atoms with Gasteiger partial charge in [0.15, 0.2) is 0 Å². The normalized spacial score (nSPS) is 9.88. The van der Waals surface area contributed by atoms with E-state index in [1.54, 1.807) is 19.2 Å². The van der Waals surface area contributed by atoms with E-state index in [1.165, 1.54) is 11.8 Å². The summed E-state index contributed by atoms with van der Waals surface area (Å²) in [6, 6.07) is 5.43. The summed E-state index contributed by atoms with van der Waals surface area (Å²) in [5.41, 5.74) is 8.55. The molecule has 0 bridgehead atoms. The first-order valence-electron chi connectivity index (χ1n) is 4.73. The molecule has 0 heterocycles. The number of hydrogen-bond donors (Lipinski definition) is 3. The van der Waals surface area contributed by atoms with Crippen LogP contribution in [0, 0.1) is 0 Å². The van der Waals surface area contributed by atoms with Gasteiger partial charge in [0.05, 0.1) is 7.11 Å². The van der Waals surface area contributed by atoms with Crippen molar-refractivity contribution < 1.29 is 9.53 Å². The molecule has 0 atom stereocenters. The topological polar surface area (TPSA) is 90.4 Å². The number of methoxy groups -OCH3 is 1. The van der Waals surface area contributed by atoms with Gasteiger partial charge >= 0.3 is 0 Å². The van der Waals surface area contributed by atoms with Crippen molar-refractivity contribution in [2.45, 2.75) is 11.3 Å². The number of nitrogen functional groups attached to an aromatic ring is 1. The SMILES string of the molecule is COc1ccc(N)c(SCCC(=O)NN)c1. The van der Waals surface area contributed by atoms with Gasteiger partial charge in [0.2, 0.25) is 5.91 Å². The molecule has 0 saturated heterocycles. The number of hydrazine groups is 1. The lowest BCUT2D eigenvalue weighted by Crippen LogP contribution is -2.30. The largest absolute Gasteiger partial charge is 0.497 e. The fourth-order valence-electron chi connectivity index (χ4n) is 1.09. The Bertz CT molecular complexity index is 371. The molecule has 0 spiro atoms. The molecule has 0 unspecified atom stereocenters. The minimum Gasteiger partial charge on any atom is -0.497 e. The average molecular weight is 241 g/mol. The molecule has 1 aromatic carbocycles. The van der Waals surface area contributed by atoms with Crippen LogP contribution in [0.5, 0.6) is 5.75 Å². The zero-order chi connectivity index (χ0) is 12.0. The highest BCUT2D eigenvalue weighted by Crippen LogP contribution is 2.29. The Morgan fingerprint density at radius 1 is 1.56 bits per heavy atom. The Labute approximate surface area is 98.5 Å². The van der Waals surface area contributed by atoms with Crippen molar-refractivity contribution in [3.05, 3.63) is 18.2 Å².